The van der Waals surface area contributed by atoms with Gasteiger partial charge in [-0.1, -0.05) is 63.2 Å². The lowest BCUT2D eigenvalue weighted by Crippen LogP contribution is -2.58. The highest BCUT2D eigenvalue weighted by Crippen LogP contribution is 2.20. The van der Waals surface area contributed by atoms with Crippen LogP contribution in [0, 0.1) is 5.41 Å². The molecule has 9 heteroatoms. The van der Waals surface area contributed by atoms with Crippen LogP contribution in [0.1, 0.15) is 31.9 Å². The number of carbonyl (C=O) groups excluding carboxylic acids is 1. The fourth-order valence-electron chi connectivity index (χ4n) is 3.50. The number of aliphatic hydroxyl groups is 1. The zero-order valence-corrected chi connectivity index (χ0v) is 20.2. The molecule has 0 aliphatic heterocycles. The summed E-state index contributed by atoms with van der Waals surface area (Å²) in [6.45, 7) is 5.63. The molecule has 0 heterocycles. The Morgan fingerprint density at radius 3 is 2.21 bits per heavy atom. The number of nitrogens with zero attached hydrogens (tertiary/aromatic N) is 1. The molecular formula is C25H36N4O5. The second kappa shape index (κ2) is 12.4. The summed E-state index contributed by atoms with van der Waals surface area (Å²) in [5, 5.41) is 23.9. The lowest BCUT2D eigenvalue weighted by atomic mass is 9.86. The number of hydrogen-bond acceptors (Lipinski definition) is 6. The van der Waals surface area contributed by atoms with Crippen molar-refractivity contribution < 1.29 is 24.5 Å². The molecule has 6 N–H and O–H groups in total. The van der Waals surface area contributed by atoms with Crippen LogP contribution < -0.4 is 21.2 Å². The van der Waals surface area contributed by atoms with Gasteiger partial charge in [-0.05, 0) is 35.1 Å². The molecule has 0 saturated carbocycles. The first kappa shape index (κ1) is 27.1. The van der Waals surface area contributed by atoms with E-state index in [9.17, 15) is 19.8 Å². The highest BCUT2D eigenvalue weighted by Gasteiger charge is 2.34. The molecule has 0 radical (unpaired) electrons. The largest absolute Gasteiger partial charge is 0.497 e. The minimum absolute atomic E-state index is 0.0513. The van der Waals surface area contributed by atoms with E-state index in [1.807, 2.05) is 42.5 Å². The van der Waals surface area contributed by atoms with Gasteiger partial charge in [0.2, 0.25) is 0 Å². The maximum absolute atomic E-state index is 13.1. The third-order valence-corrected chi connectivity index (χ3v) is 5.41. The van der Waals surface area contributed by atoms with E-state index >= 15 is 0 Å². The highest BCUT2D eigenvalue weighted by molar-refractivity contribution is 5.85. The van der Waals surface area contributed by atoms with E-state index in [0.717, 1.165) is 11.1 Å². The number of hydrogen-bond donors (Lipinski definition) is 5. The van der Waals surface area contributed by atoms with Gasteiger partial charge in [0.05, 0.1) is 13.2 Å². The van der Waals surface area contributed by atoms with Gasteiger partial charge < -0.3 is 26.0 Å². The minimum Gasteiger partial charge on any atom is -0.497 e. The van der Waals surface area contributed by atoms with Gasteiger partial charge in [-0.2, -0.15) is 0 Å². The molecule has 9 nitrogen and oxygen atoms in total. The summed E-state index contributed by atoms with van der Waals surface area (Å²) < 4.78 is 5.19. The Morgan fingerprint density at radius 1 is 1.06 bits per heavy atom. The number of amides is 2. The number of aliphatic hydroxyl groups excluding tert-OH is 1. The molecule has 0 bridgehead atoms. The minimum atomic E-state index is -1.29. The van der Waals surface area contributed by atoms with E-state index in [4.69, 9.17) is 10.5 Å². The zero-order valence-electron chi connectivity index (χ0n) is 20.2. The molecule has 0 fully saturated rings. The zero-order chi connectivity index (χ0) is 25.3. The number of nitrogens with two attached hydrogens (primary N) is 1. The fraction of sp³-hybridized carbons (Fsp3) is 0.440. The number of benzene rings is 2. The Labute approximate surface area is 200 Å². The van der Waals surface area contributed by atoms with Crippen molar-refractivity contribution in [2.45, 2.75) is 51.9 Å². The van der Waals surface area contributed by atoms with Crippen LogP contribution in [0.25, 0.3) is 0 Å². The van der Waals surface area contributed by atoms with Crippen molar-refractivity contribution in [1.29, 1.82) is 0 Å². The summed E-state index contributed by atoms with van der Waals surface area (Å²) in [5.74, 6) is 0.176. The molecule has 2 amide bonds. The van der Waals surface area contributed by atoms with Gasteiger partial charge in [0, 0.05) is 19.1 Å². The van der Waals surface area contributed by atoms with Crippen molar-refractivity contribution in [2.75, 3.05) is 13.7 Å². The summed E-state index contributed by atoms with van der Waals surface area (Å²) in [6, 6.07) is 15.4. The average Bonchev–Trinajstić information content (AvgIpc) is 2.77. The second-order valence-electron chi connectivity index (χ2n) is 9.37. The number of carbonyl (C=O) groups is 2. The third kappa shape index (κ3) is 8.66. The maximum atomic E-state index is 13.1. The first-order valence-electron chi connectivity index (χ1n) is 11.1. The molecule has 34 heavy (non-hydrogen) atoms. The highest BCUT2D eigenvalue weighted by atomic mass is 16.5. The molecule has 0 unspecified atom stereocenters. The molecule has 3 atom stereocenters. The van der Waals surface area contributed by atoms with Crippen LogP contribution in [-0.2, 0) is 17.8 Å². The van der Waals surface area contributed by atoms with Gasteiger partial charge in [0.1, 0.15) is 11.8 Å². The standard InChI is InChI=1S/C25H36N4O5/c1-25(2,3)22(27-24(32)33)23(31)28-29(15-18-10-12-19(34-4)13-11-18)16-21(30)20(26)14-17-8-6-5-7-9-17/h5-13,20-22,27,30H,14-16,26H2,1-4H3,(H,28,31)(H,32,33)/t20-,21-,22+/m0/s1. The van der Waals surface area contributed by atoms with Crippen molar-refractivity contribution >= 4 is 12.0 Å². The SMILES string of the molecule is COc1ccc(CN(C[C@H](O)[C@@H](N)Cc2ccccc2)NC(=O)[C@@H](NC(=O)O)C(C)(C)C)cc1. The Hall–Kier alpha value is -3.14. The summed E-state index contributed by atoms with van der Waals surface area (Å²) >= 11 is 0. The van der Waals surface area contributed by atoms with Crippen LogP contribution in [0.4, 0.5) is 4.79 Å². The molecule has 0 aliphatic rings. The van der Waals surface area contributed by atoms with E-state index in [1.165, 1.54) is 0 Å². The van der Waals surface area contributed by atoms with E-state index in [-0.39, 0.29) is 13.1 Å². The van der Waals surface area contributed by atoms with Crippen molar-refractivity contribution in [1.82, 2.24) is 15.8 Å². The second-order valence-corrected chi connectivity index (χ2v) is 9.37. The molecule has 0 aliphatic carbocycles. The smallest absolute Gasteiger partial charge is 0.405 e. The number of nitrogens with one attached hydrogen (secondary N) is 2. The maximum Gasteiger partial charge on any atom is 0.405 e. The van der Waals surface area contributed by atoms with Crippen LogP contribution in [0.2, 0.25) is 0 Å². The van der Waals surface area contributed by atoms with Gasteiger partial charge in [-0.25, -0.2) is 9.80 Å². The molecule has 2 rings (SSSR count). The Balaban J connectivity index is 2.18. The van der Waals surface area contributed by atoms with Crippen molar-refractivity contribution in [3.63, 3.8) is 0 Å². The van der Waals surface area contributed by atoms with Crippen LogP contribution in [0.3, 0.4) is 0 Å². The predicted molar refractivity (Wildman–Crippen MR) is 130 cm³/mol. The monoisotopic (exact) mass is 472 g/mol. The third-order valence-electron chi connectivity index (χ3n) is 5.41. The van der Waals surface area contributed by atoms with Crippen molar-refractivity contribution in [3.05, 3.63) is 65.7 Å². The van der Waals surface area contributed by atoms with Gasteiger partial charge in [0.25, 0.3) is 5.91 Å². The van der Waals surface area contributed by atoms with E-state index < -0.39 is 35.6 Å². The molecule has 2 aromatic rings. The average molecular weight is 473 g/mol. The van der Waals surface area contributed by atoms with Crippen LogP contribution in [0.5, 0.6) is 5.75 Å². The molecular weight excluding hydrogens is 436 g/mol. The topological polar surface area (TPSA) is 137 Å². The summed E-state index contributed by atoms with van der Waals surface area (Å²) in [5.41, 5.74) is 10.2. The molecule has 0 saturated heterocycles. The Bertz CT molecular complexity index is 915. The van der Waals surface area contributed by atoms with Crippen LogP contribution >= 0.6 is 0 Å². The molecule has 186 valence electrons. The fourth-order valence-corrected chi connectivity index (χ4v) is 3.50. The summed E-state index contributed by atoms with van der Waals surface area (Å²) in [7, 11) is 1.58. The predicted octanol–water partition coefficient (Wildman–Crippen LogP) is 2.14. The lowest BCUT2D eigenvalue weighted by Gasteiger charge is -2.33. The Kier molecular flexibility index (Phi) is 9.85. The van der Waals surface area contributed by atoms with E-state index in [1.54, 1.807) is 45.0 Å². The van der Waals surface area contributed by atoms with Crippen LogP contribution in [0.15, 0.2) is 54.6 Å². The molecule has 2 aromatic carbocycles. The molecule has 0 spiro atoms. The number of ether oxygens (including phenoxy) is 1. The number of carboxylic acid groups (broad SMARTS) is 1. The summed E-state index contributed by atoms with van der Waals surface area (Å²) in [4.78, 5) is 24.3. The van der Waals surface area contributed by atoms with Crippen LogP contribution in [-0.4, -0.2) is 59.1 Å². The first-order valence-corrected chi connectivity index (χ1v) is 11.1. The van der Waals surface area contributed by atoms with Gasteiger partial charge in [0.15, 0.2) is 0 Å². The van der Waals surface area contributed by atoms with Crippen molar-refractivity contribution in [3.8, 4) is 5.75 Å². The quantitative estimate of drug-likeness (QED) is 0.316. The number of hydrazine groups is 1. The first-order chi connectivity index (χ1) is 16.0. The van der Waals surface area contributed by atoms with Crippen molar-refractivity contribution in [2.24, 2.45) is 11.1 Å². The summed E-state index contributed by atoms with van der Waals surface area (Å²) in [6.07, 6.45) is -1.77. The lowest BCUT2D eigenvalue weighted by molar-refractivity contribution is -0.131. The van der Waals surface area contributed by atoms with E-state index in [0.29, 0.717) is 12.2 Å². The Morgan fingerprint density at radius 2 is 1.68 bits per heavy atom. The number of rotatable bonds is 11. The molecule has 0 aromatic heterocycles. The van der Waals surface area contributed by atoms with Gasteiger partial charge >= 0.3 is 6.09 Å². The van der Waals surface area contributed by atoms with Gasteiger partial charge in [-0.15, -0.1) is 0 Å². The normalized spacial score (nSPS) is 14.2. The van der Waals surface area contributed by atoms with E-state index in [2.05, 4.69) is 10.7 Å². The number of methoxy groups -OCH3 is 1. The van der Waals surface area contributed by atoms with Gasteiger partial charge in [-0.3, -0.25) is 10.2 Å².